The number of hydrogen-bond acceptors (Lipinski definition) is 4. The van der Waals surface area contributed by atoms with Crippen LogP contribution in [0.25, 0.3) is 0 Å². The fraction of sp³-hybridized carbons (Fsp3) is 0.333. The van der Waals surface area contributed by atoms with Gasteiger partial charge in [0.1, 0.15) is 10.9 Å². The molecular weight excluding hydrogens is 456 g/mol. The van der Waals surface area contributed by atoms with Crippen molar-refractivity contribution in [3.8, 4) is 0 Å². The van der Waals surface area contributed by atoms with E-state index in [1.165, 1.54) is 4.90 Å². The van der Waals surface area contributed by atoms with E-state index in [-0.39, 0.29) is 16.7 Å². The Kier molecular flexibility index (Phi) is 6.04. The minimum absolute atomic E-state index is 0.0445. The highest BCUT2D eigenvalue weighted by Gasteiger charge is 2.56. The Morgan fingerprint density at radius 1 is 1.21 bits per heavy atom. The number of fused-ring (bicyclic) bond motifs is 1. The number of halogens is 1. The van der Waals surface area contributed by atoms with E-state index >= 15 is 0 Å². The summed E-state index contributed by atoms with van der Waals surface area (Å²) in [6.45, 7) is 0.584. The summed E-state index contributed by atoms with van der Waals surface area (Å²) in [7, 11) is 0. The van der Waals surface area contributed by atoms with Crippen LogP contribution in [0.5, 0.6) is 0 Å². The molecule has 0 bridgehead atoms. The van der Waals surface area contributed by atoms with Crippen LogP contribution in [0.4, 0.5) is 0 Å². The number of amides is 2. The second kappa shape index (κ2) is 8.51. The summed E-state index contributed by atoms with van der Waals surface area (Å²) in [5, 5.41) is 3.03. The highest BCUT2D eigenvalue weighted by molar-refractivity contribution is 9.10. The van der Waals surface area contributed by atoms with Crippen molar-refractivity contribution in [1.82, 2.24) is 10.2 Å². The average Bonchev–Trinajstić information content (AvgIpc) is 3.26. The van der Waals surface area contributed by atoms with Crippen molar-refractivity contribution in [3.05, 3.63) is 64.6 Å². The largest absolute Gasteiger partial charge is 0.353 e. The molecule has 7 heteroatoms. The molecule has 4 rings (SSSR count). The predicted molar refractivity (Wildman–Crippen MR) is 118 cm³/mol. The molecule has 2 amide bonds. The minimum atomic E-state index is -0.391. The van der Waals surface area contributed by atoms with Gasteiger partial charge in [0, 0.05) is 33.8 Å². The number of nitrogens with zero attached hydrogens (tertiary/aromatic N) is 1. The normalized spacial score (nSPS) is 23.7. The van der Waals surface area contributed by atoms with Crippen LogP contribution in [-0.2, 0) is 14.5 Å². The summed E-state index contributed by atoms with van der Waals surface area (Å²) in [6, 6.07) is 17.9. The van der Waals surface area contributed by atoms with Crippen LogP contribution in [-0.4, -0.2) is 40.8 Å². The van der Waals surface area contributed by atoms with Gasteiger partial charge in [-0.2, -0.15) is 0 Å². The number of thioether (sulfide) groups is 2. The van der Waals surface area contributed by atoms with E-state index in [9.17, 15) is 9.59 Å². The zero-order valence-corrected chi connectivity index (χ0v) is 18.5. The first-order valence-corrected chi connectivity index (χ1v) is 12.0. The Morgan fingerprint density at radius 3 is 2.71 bits per heavy atom. The Balaban J connectivity index is 1.37. The SMILES string of the molecule is O=C(NCCSc1ccc(Br)cc1)[C@@H]1CS[C@@]2(c3ccccc3)CCC(=O)N12. The first-order chi connectivity index (χ1) is 13.6. The van der Waals surface area contributed by atoms with Crippen LogP contribution >= 0.6 is 39.5 Å². The number of nitrogens with one attached hydrogen (secondary N) is 1. The van der Waals surface area contributed by atoms with Gasteiger partial charge >= 0.3 is 0 Å². The zero-order chi connectivity index (χ0) is 19.6. The molecular formula is C21H21BrN2O2S2. The lowest BCUT2D eigenvalue weighted by molar-refractivity contribution is -0.138. The lowest BCUT2D eigenvalue weighted by Crippen LogP contribution is -2.50. The number of carbonyl (C=O) groups is 2. The van der Waals surface area contributed by atoms with Gasteiger partial charge in [0.05, 0.1) is 0 Å². The second-order valence-corrected chi connectivity index (χ2v) is 10.2. The molecule has 2 atom stereocenters. The molecule has 2 heterocycles. The van der Waals surface area contributed by atoms with E-state index < -0.39 is 6.04 Å². The third kappa shape index (κ3) is 3.84. The number of hydrogen-bond donors (Lipinski definition) is 1. The molecule has 2 aliphatic rings. The molecule has 2 aromatic carbocycles. The lowest BCUT2D eigenvalue weighted by Gasteiger charge is -2.34. The van der Waals surface area contributed by atoms with Crippen LogP contribution in [0, 0.1) is 0 Å². The van der Waals surface area contributed by atoms with Crippen LogP contribution < -0.4 is 5.32 Å². The molecule has 0 saturated carbocycles. The summed E-state index contributed by atoms with van der Waals surface area (Å²) in [4.78, 5) is 28.1. The highest BCUT2D eigenvalue weighted by atomic mass is 79.9. The van der Waals surface area contributed by atoms with Crippen LogP contribution in [0.15, 0.2) is 64.0 Å². The van der Waals surface area contributed by atoms with E-state index in [1.807, 2.05) is 35.2 Å². The van der Waals surface area contributed by atoms with Gasteiger partial charge < -0.3 is 10.2 Å². The van der Waals surface area contributed by atoms with Gasteiger partial charge in [0.2, 0.25) is 11.8 Å². The molecule has 146 valence electrons. The van der Waals surface area contributed by atoms with Crippen molar-refractivity contribution in [2.45, 2.75) is 28.6 Å². The topological polar surface area (TPSA) is 49.4 Å². The van der Waals surface area contributed by atoms with Gasteiger partial charge in [-0.15, -0.1) is 23.5 Å². The Hall–Kier alpha value is -1.44. The molecule has 2 aromatic rings. The van der Waals surface area contributed by atoms with E-state index in [1.54, 1.807) is 23.5 Å². The summed E-state index contributed by atoms with van der Waals surface area (Å²) >= 11 is 6.87. The number of benzene rings is 2. The molecule has 0 unspecified atom stereocenters. The maximum atomic E-state index is 12.8. The zero-order valence-electron chi connectivity index (χ0n) is 15.3. The summed E-state index contributed by atoms with van der Waals surface area (Å²) in [5.41, 5.74) is 1.12. The van der Waals surface area contributed by atoms with Gasteiger partial charge in [0.25, 0.3) is 0 Å². The number of rotatable bonds is 6. The Labute approximate surface area is 182 Å². The monoisotopic (exact) mass is 476 g/mol. The van der Waals surface area contributed by atoms with E-state index in [4.69, 9.17) is 0 Å². The molecule has 1 N–H and O–H groups in total. The quantitative estimate of drug-likeness (QED) is 0.500. The van der Waals surface area contributed by atoms with Gasteiger partial charge in [-0.05, 0) is 36.2 Å². The molecule has 0 radical (unpaired) electrons. The average molecular weight is 477 g/mol. The lowest BCUT2D eigenvalue weighted by atomic mass is 10.0. The molecule has 0 spiro atoms. The van der Waals surface area contributed by atoms with Gasteiger partial charge in [-0.25, -0.2) is 0 Å². The van der Waals surface area contributed by atoms with Crippen LogP contribution in [0.3, 0.4) is 0 Å². The molecule has 2 fully saturated rings. The van der Waals surface area contributed by atoms with Crippen molar-refractivity contribution in [2.75, 3.05) is 18.1 Å². The first-order valence-electron chi connectivity index (χ1n) is 9.28. The first kappa shape index (κ1) is 19.9. The summed E-state index contributed by atoms with van der Waals surface area (Å²) < 4.78 is 1.06. The van der Waals surface area contributed by atoms with Gasteiger partial charge in [-0.1, -0.05) is 46.3 Å². The standard InChI is InChI=1S/C21H21BrN2O2S2/c22-16-6-8-17(9-7-16)27-13-12-23-20(26)18-14-28-21(11-10-19(25)24(18)21)15-4-2-1-3-5-15/h1-9,18H,10-14H2,(H,23,26)/t18-,21+/m0/s1. The van der Waals surface area contributed by atoms with Crippen LogP contribution in [0.1, 0.15) is 18.4 Å². The smallest absolute Gasteiger partial charge is 0.243 e. The second-order valence-electron chi connectivity index (χ2n) is 6.83. The molecule has 2 saturated heterocycles. The molecule has 4 nitrogen and oxygen atoms in total. The Bertz CT molecular complexity index is 862. The third-order valence-electron chi connectivity index (χ3n) is 5.14. The van der Waals surface area contributed by atoms with Crippen molar-refractivity contribution in [2.24, 2.45) is 0 Å². The van der Waals surface area contributed by atoms with Gasteiger partial charge in [-0.3, -0.25) is 9.59 Å². The maximum absolute atomic E-state index is 12.8. The van der Waals surface area contributed by atoms with Crippen molar-refractivity contribution >= 4 is 51.3 Å². The minimum Gasteiger partial charge on any atom is -0.353 e. The van der Waals surface area contributed by atoms with E-state index in [0.29, 0.717) is 18.7 Å². The predicted octanol–water partition coefficient (Wildman–Crippen LogP) is 4.25. The van der Waals surface area contributed by atoms with Crippen molar-refractivity contribution < 1.29 is 9.59 Å². The highest BCUT2D eigenvalue weighted by Crippen LogP contribution is 2.54. The number of carbonyl (C=O) groups excluding carboxylic acids is 2. The third-order valence-corrected chi connectivity index (χ3v) is 8.28. The van der Waals surface area contributed by atoms with E-state index in [0.717, 1.165) is 22.2 Å². The molecule has 28 heavy (non-hydrogen) atoms. The summed E-state index contributed by atoms with van der Waals surface area (Å²) in [6.07, 6.45) is 1.27. The summed E-state index contributed by atoms with van der Waals surface area (Å²) in [5.74, 6) is 1.48. The molecule has 0 aliphatic carbocycles. The molecule has 2 aliphatic heterocycles. The van der Waals surface area contributed by atoms with Gasteiger partial charge in [0.15, 0.2) is 0 Å². The van der Waals surface area contributed by atoms with Crippen molar-refractivity contribution in [3.63, 3.8) is 0 Å². The fourth-order valence-electron chi connectivity index (χ4n) is 3.83. The maximum Gasteiger partial charge on any atom is 0.243 e. The van der Waals surface area contributed by atoms with Crippen LogP contribution in [0.2, 0.25) is 0 Å². The van der Waals surface area contributed by atoms with Crippen molar-refractivity contribution in [1.29, 1.82) is 0 Å². The Morgan fingerprint density at radius 2 is 1.96 bits per heavy atom. The van der Waals surface area contributed by atoms with E-state index in [2.05, 4.69) is 45.5 Å². The fourth-order valence-corrected chi connectivity index (χ4v) is 6.51. The molecule has 0 aromatic heterocycles.